The molecule has 0 aliphatic rings. The SMILES string of the molecule is Cc1sc(NCc2cc(F)ccc2F)nc1C(=O)O. The average molecular weight is 284 g/mol. The van der Waals surface area contributed by atoms with Gasteiger partial charge in [0.2, 0.25) is 0 Å². The Kier molecular flexibility index (Phi) is 3.75. The summed E-state index contributed by atoms with van der Waals surface area (Å²) in [6, 6.07) is 3.16. The Morgan fingerprint density at radius 3 is 2.84 bits per heavy atom. The summed E-state index contributed by atoms with van der Waals surface area (Å²) in [6.45, 7) is 1.67. The van der Waals surface area contributed by atoms with Crippen LogP contribution in [0.5, 0.6) is 0 Å². The zero-order valence-corrected chi connectivity index (χ0v) is 10.7. The molecule has 0 saturated carbocycles. The normalized spacial score (nSPS) is 10.5. The number of aromatic carboxylic acids is 1. The molecule has 1 aromatic carbocycles. The highest BCUT2D eigenvalue weighted by Crippen LogP contribution is 2.23. The number of thiazole rings is 1. The van der Waals surface area contributed by atoms with Gasteiger partial charge < -0.3 is 10.4 Å². The summed E-state index contributed by atoms with van der Waals surface area (Å²) in [7, 11) is 0. The zero-order valence-electron chi connectivity index (χ0n) is 9.91. The summed E-state index contributed by atoms with van der Waals surface area (Å²) in [5.74, 6) is -2.17. The third kappa shape index (κ3) is 3.05. The fourth-order valence-corrected chi connectivity index (χ4v) is 2.32. The summed E-state index contributed by atoms with van der Waals surface area (Å²) in [6.07, 6.45) is 0. The number of carboxylic acid groups (broad SMARTS) is 1. The van der Waals surface area contributed by atoms with E-state index < -0.39 is 17.6 Å². The molecule has 19 heavy (non-hydrogen) atoms. The van der Waals surface area contributed by atoms with Crippen LogP contribution in [-0.4, -0.2) is 16.1 Å². The smallest absolute Gasteiger partial charge is 0.355 e. The molecule has 7 heteroatoms. The molecule has 0 spiro atoms. The maximum absolute atomic E-state index is 13.4. The predicted molar refractivity (Wildman–Crippen MR) is 67.5 cm³/mol. The lowest BCUT2D eigenvalue weighted by Gasteiger charge is -2.04. The lowest BCUT2D eigenvalue weighted by molar-refractivity contribution is 0.0690. The third-order valence-corrected chi connectivity index (χ3v) is 3.37. The topological polar surface area (TPSA) is 62.2 Å². The van der Waals surface area contributed by atoms with Gasteiger partial charge in [-0.15, -0.1) is 11.3 Å². The summed E-state index contributed by atoms with van der Waals surface area (Å²) >= 11 is 1.15. The van der Waals surface area contributed by atoms with E-state index in [1.165, 1.54) is 0 Å². The van der Waals surface area contributed by atoms with Crippen molar-refractivity contribution in [1.29, 1.82) is 0 Å². The van der Waals surface area contributed by atoms with E-state index in [0.29, 0.717) is 10.0 Å². The Hall–Kier alpha value is -2.02. The standard InChI is InChI=1S/C12H10F2N2O2S/c1-6-10(11(17)18)16-12(19-6)15-5-7-4-8(13)2-3-9(7)14/h2-4H,5H2,1H3,(H,15,16)(H,17,18). The summed E-state index contributed by atoms with van der Waals surface area (Å²) in [5, 5.41) is 12.0. The molecule has 0 atom stereocenters. The Morgan fingerprint density at radius 1 is 1.47 bits per heavy atom. The molecule has 0 unspecified atom stereocenters. The van der Waals surface area contributed by atoms with Crippen LogP contribution in [0.3, 0.4) is 0 Å². The molecule has 0 radical (unpaired) electrons. The molecule has 0 fully saturated rings. The molecular weight excluding hydrogens is 274 g/mol. The zero-order chi connectivity index (χ0) is 14.0. The molecule has 0 aliphatic carbocycles. The van der Waals surface area contributed by atoms with Gasteiger partial charge in [-0.25, -0.2) is 18.6 Å². The van der Waals surface area contributed by atoms with Gasteiger partial charge in [0.25, 0.3) is 0 Å². The van der Waals surface area contributed by atoms with Crippen LogP contribution in [0.15, 0.2) is 18.2 Å². The molecule has 2 rings (SSSR count). The fraction of sp³-hybridized carbons (Fsp3) is 0.167. The fourth-order valence-electron chi connectivity index (χ4n) is 1.52. The molecule has 0 amide bonds. The van der Waals surface area contributed by atoms with E-state index in [0.717, 1.165) is 29.5 Å². The molecular formula is C12H10F2N2O2S. The summed E-state index contributed by atoms with van der Waals surface area (Å²) in [5.41, 5.74) is 0.122. The lowest BCUT2D eigenvalue weighted by Crippen LogP contribution is -2.03. The van der Waals surface area contributed by atoms with Gasteiger partial charge in [0.05, 0.1) is 0 Å². The third-order valence-electron chi connectivity index (χ3n) is 2.44. The number of anilines is 1. The van der Waals surface area contributed by atoms with Gasteiger partial charge >= 0.3 is 5.97 Å². The number of hydrogen-bond acceptors (Lipinski definition) is 4. The van der Waals surface area contributed by atoms with Crippen molar-refractivity contribution in [2.45, 2.75) is 13.5 Å². The van der Waals surface area contributed by atoms with Crippen molar-refractivity contribution < 1.29 is 18.7 Å². The van der Waals surface area contributed by atoms with E-state index in [1.807, 2.05) is 0 Å². The summed E-state index contributed by atoms with van der Waals surface area (Å²) < 4.78 is 26.3. The molecule has 4 nitrogen and oxygen atoms in total. The van der Waals surface area contributed by atoms with Crippen molar-refractivity contribution in [2.75, 3.05) is 5.32 Å². The second-order valence-corrected chi connectivity index (χ2v) is 5.02. The van der Waals surface area contributed by atoms with Crippen molar-refractivity contribution in [3.8, 4) is 0 Å². The van der Waals surface area contributed by atoms with Crippen molar-refractivity contribution in [1.82, 2.24) is 4.98 Å². The minimum atomic E-state index is -1.11. The number of carboxylic acids is 1. The van der Waals surface area contributed by atoms with Crippen LogP contribution in [0.1, 0.15) is 20.9 Å². The van der Waals surface area contributed by atoms with Crippen LogP contribution in [0.2, 0.25) is 0 Å². The Labute approximate surface area is 111 Å². The minimum absolute atomic E-state index is 0.0350. The quantitative estimate of drug-likeness (QED) is 0.906. The number of halogens is 2. The summed E-state index contributed by atoms with van der Waals surface area (Å²) in [4.78, 5) is 15.2. The Morgan fingerprint density at radius 2 is 2.21 bits per heavy atom. The first-order valence-electron chi connectivity index (χ1n) is 5.36. The number of nitrogens with one attached hydrogen (secondary N) is 1. The van der Waals surface area contributed by atoms with Crippen molar-refractivity contribution in [3.63, 3.8) is 0 Å². The maximum atomic E-state index is 13.4. The van der Waals surface area contributed by atoms with E-state index in [4.69, 9.17) is 5.11 Å². The van der Waals surface area contributed by atoms with Gasteiger partial charge in [-0.05, 0) is 25.1 Å². The van der Waals surface area contributed by atoms with Gasteiger partial charge in [-0.2, -0.15) is 0 Å². The number of aryl methyl sites for hydroxylation is 1. The second-order valence-electron chi connectivity index (χ2n) is 3.82. The van der Waals surface area contributed by atoms with Gasteiger partial charge in [0.15, 0.2) is 10.8 Å². The molecule has 1 heterocycles. The first-order chi connectivity index (χ1) is 8.97. The van der Waals surface area contributed by atoms with Crippen molar-refractivity contribution in [3.05, 3.63) is 46.0 Å². The van der Waals surface area contributed by atoms with Crippen LogP contribution < -0.4 is 5.32 Å². The number of aromatic nitrogens is 1. The van der Waals surface area contributed by atoms with Gasteiger partial charge in [0.1, 0.15) is 11.6 Å². The highest BCUT2D eigenvalue weighted by molar-refractivity contribution is 7.15. The highest BCUT2D eigenvalue weighted by Gasteiger charge is 2.14. The van der Waals surface area contributed by atoms with Crippen LogP contribution in [0, 0.1) is 18.6 Å². The molecule has 0 bridgehead atoms. The highest BCUT2D eigenvalue weighted by atomic mass is 32.1. The van der Waals surface area contributed by atoms with Crippen LogP contribution >= 0.6 is 11.3 Å². The average Bonchev–Trinajstić information content (AvgIpc) is 2.72. The maximum Gasteiger partial charge on any atom is 0.355 e. The Bertz CT molecular complexity index is 628. The van der Waals surface area contributed by atoms with Crippen molar-refractivity contribution in [2.24, 2.45) is 0 Å². The van der Waals surface area contributed by atoms with Gasteiger partial charge in [-0.1, -0.05) is 0 Å². The van der Waals surface area contributed by atoms with Crippen LogP contribution in [0.4, 0.5) is 13.9 Å². The Balaban J connectivity index is 2.12. The van der Waals surface area contributed by atoms with E-state index in [2.05, 4.69) is 10.3 Å². The predicted octanol–water partition coefficient (Wildman–Crippen LogP) is 3.04. The molecule has 0 saturated heterocycles. The molecule has 0 aliphatic heterocycles. The molecule has 2 N–H and O–H groups in total. The lowest BCUT2D eigenvalue weighted by atomic mass is 10.2. The first-order valence-corrected chi connectivity index (χ1v) is 6.17. The van der Waals surface area contributed by atoms with Crippen molar-refractivity contribution >= 4 is 22.4 Å². The monoisotopic (exact) mass is 284 g/mol. The number of benzene rings is 1. The number of carbonyl (C=O) groups is 1. The van der Waals surface area contributed by atoms with E-state index in [9.17, 15) is 13.6 Å². The van der Waals surface area contributed by atoms with E-state index in [-0.39, 0.29) is 17.8 Å². The molecule has 1 aromatic heterocycles. The largest absolute Gasteiger partial charge is 0.476 e. The second kappa shape index (κ2) is 5.31. The van der Waals surface area contributed by atoms with E-state index in [1.54, 1.807) is 6.92 Å². The number of nitrogens with zero attached hydrogens (tertiary/aromatic N) is 1. The van der Waals surface area contributed by atoms with Crippen LogP contribution in [-0.2, 0) is 6.54 Å². The molecule has 100 valence electrons. The number of rotatable bonds is 4. The van der Waals surface area contributed by atoms with Gasteiger partial charge in [0, 0.05) is 17.0 Å². The first kappa shape index (κ1) is 13.4. The van der Waals surface area contributed by atoms with Gasteiger partial charge in [-0.3, -0.25) is 0 Å². The van der Waals surface area contributed by atoms with Crippen LogP contribution in [0.25, 0.3) is 0 Å². The number of hydrogen-bond donors (Lipinski definition) is 2. The van der Waals surface area contributed by atoms with E-state index >= 15 is 0 Å². The minimum Gasteiger partial charge on any atom is -0.476 e. The molecule has 2 aromatic rings.